The molecule has 1 saturated heterocycles. The highest BCUT2D eigenvalue weighted by Gasteiger charge is 2.35. The summed E-state index contributed by atoms with van der Waals surface area (Å²) in [5, 5.41) is 2.87. The van der Waals surface area contributed by atoms with Crippen molar-refractivity contribution in [3.8, 4) is 0 Å². The van der Waals surface area contributed by atoms with E-state index < -0.39 is 21.5 Å². The van der Waals surface area contributed by atoms with Crippen LogP contribution in [0.1, 0.15) is 12.8 Å². The summed E-state index contributed by atoms with van der Waals surface area (Å²) >= 11 is 0. The van der Waals surface area contributed by atoms with Crippen LogP contribution in [0, 0.1) is 0 Å². The van der Waals surface area contributed by atoms with Crippen LogP contribution in [0.15, 0.2) is 0 Å². The molecule has 1 heterocycles. The van der Waals surface area contributed by atoms with Gasteiger partial charge in [-0.3, -0.25) is 0 Å². The Kier molecular flexibility index (Phi) is 3.26. The average Bonchev–Trinajstić information content (AvgIpc) is 2.03. The summed E-state index contributed by atoms with van der Waals surface area (Å²) in [5.74, 6) is -0.458. The van der Waals surface area contributed by atoms with E-state index in [1.165, 1.54) is 0 Å². The Labute approximate surface area is 77.7 Å². The van der Waals surface area contributed by atoms with E-state index in [2.05, 4.69) is 5.32 Å². The van der Waals surface area contributed by atoms with Crippen LogP contribution in [0.3, 0.4) is 0 Å². The molecule has 0 radical (unpaired) electrons. The lowest BCUT2D eigenvalue weighted by Gasteiger charge is -2.35. The van der Waals surface area contributed by atoms with Gasteiger partial charge >= 0.3 is 10.2 Å². The summed E-state index contributed by atoms with van der Waals surface area (Å²) in [4.78, 5) is 0. The Hall–Kier alpha value is -0.200. The number of ether oxygens (including phenoxy) is 1. The Morgan fingerprint density at radius 3 is 2.38 bits per heavy atom. The molecule has 0 spiro atoms. The molecular weight excluding hydrogens is 197 g/mol. The molecule has 6 heteroatoms. The summed E-state index contributed by atoms with van der Waals surface area (Å²) in [6.45, 7) is 0.965. The summed E-state index contributed by atoms with van der Waals surface area (Å²) in [6, 6.07) is 0. The summed E-state index contributed by atoms with van der Waals surface area (Å²) in [7, 11) is -2.76. The van der Waals surface area contributed by atoms with Gasteiger partial charge in [-0.1, -0.05) is 0 Å². The molecule has 1 rings (SSSR count). The molecule has 0 saturated carbocycles. The second-order valence-electron chi connectivity index (χ2n) is 3.33. The topological polar surface area (TPSA) is 55.4 Å². The van der Waals surface area contributed by atoms with Crippen LogP contribution >= 0.6 is 0 Å². The first-order valence-electron chi connectivity index (χ1n) is 4.16. The van der Waals surface area contributed by atoms with Crippen molar-refractivity contribution in [1.82, 2.24) is 5.32 Å². The molecule has 0 aromatic rings. The molecule has 0 bridgehead atoms. The van der Waals surface area contributed by atoms with Gasteiger partial charge < -0.3 is 10.1 Å². The molecule has 1 aliphatic heterocycles. The van der Waals surface area contributed by atoms with Gasteiger partial charge in [-0.15, -0.1) is 3.89 Å². The first-order valence-corrected chi connectivity index (χ1v) is 5.72. The molecule has 0 aromatic carbocycles. The molecule has 0 aromatic heterocycles. The fourth-order valence-electron chi connectivity index (χ4n) is 1.56. The molecular formula is C7H14FNO3S. The van der Waals surface area contributed by atoms with Gasteiger partial charge in [-0.2, -0.15) is 8.42 Å². The molecule has 0 atom stereocenters. The lowest BCUT2D eigenvalue weighted by molar-refractivity contribution is 0.0491. The van der Waals surface area contributed by atoms with Crippen molar-refractivity contribution < 1.29 is 17.0 Å². The van der Waals surface area contributed by atoms with Crippen molar-refractivity contribution in [1.29, 1.82) is 0 Å². The van der Waals surface area contributed by atoms with Crippen molar-refractivity contribution in [2.75, 3.05) is 26.0 Å². The summed E-state index contributed by atoms with van der Waals surface area (Å²) < 4.78 is 38.6. The normalized spacial score (nSPS) is 22.9. The third kappa shape index (κ3) is 3.21. The van der Waals surface area contributed by atoms with Gasteiger partial charge in [0.2, 0.25) is 0 Å². The lowest BCUT2D eigenvalue weighted by Crippen LogP contribution is -2.51. The van der Waals surface area contributed by atoms with Crippen molar-refractivity contribution in [3.63, 3.8) is 0 Å². The zero-order valence-electron chi connectivity index (χ0n) is 7.55. The van der Waals surface area contributed by atoms with Gasteiger partial charge in [-0.25, -0.2) is 0 Å². The molecule has 1 N–H and O–H groups in total. The van der Waals surface area contributed by atoms with Crippen LogP contribution in [0.5, 0.6) is 0 Å². The van der Waals surface area contributed by atoms with Crippen molar-refractivity contribution >= 4 is 10.2 Å². The van der Waals surface area contributed by atoms with E-state index in [1.54, 1.807) is 7.05 Å². The fourth-order valence-corrected chi connectivity index (χ4v) is 2.65. The minimum atomic E-state index is -4.41. The summed E-state index contributed by atoms with van der Waals surface area (Å²) in [6.07, 6.45) is 1.07. The molecule has 1 aliphatic rings. The maximum absolute atomic E-state index is 12.5. The molecule has 0 amide bonds. The van der Waals surface area contributed by atoms with E-state index in [1.807, 2.05) is 0 Å². The van der Waals surface area contributed by atoms with E-state index in [4.69, 9.17) is 4.74 Å². The monoisotopic (exact) mass is 211 g/mol. The third-order valence-electron chi connectivity index (χ3n) is 2.43. The first-order chi connectivity index (χ1) is 5.97. The molecule has 78 valence electrons. The quantitative estimate of drug-likeness (QED) is 0.670. The predicted molar refractivity (Wildman–Crippen MR) is 46.7 cm³/mol. The minimum Gasteiger partial charge on any atom is -0.381 e. The Balaban J connectivity index is 2.68. The zero-order valence-corrected chi connectivity index (χ0v) is 8.36. The number of hydrogen-bond donors (Lipinski definition) is 1. The molecule has 0 aliphatic carbocycles. The van der Waals surface area contributed by atoms with E-state index in [0.29, 0.717) is 26.1 Å². The lowest BCUT2D eigenvalue weighted by atomic mass is 9.93. The van der Waals surface area contributed by atoms with Crippen LogP contribution in [-0.4, -0.2) is 40.0 Å². The van der Waals surface area contributed by atoms with E-state index in [0.717, 1.165) is 0 Å². The summed E-state index contributed by atoms with van der Waals surface area (Å²) in [5.41, 5.74) is -0.633. The third-order valence-corrected chi connectivity index (χ3v) is 3.33. The Morgan fingerprint density at radius 1 is 1.46 bits per heavy atom. The maximum Gasteiger partial charge on any atom is 0.304 e. The van der Waals surface area contributed by atoms with Crippen molar-refractivity contribution in [2.45, 2.75) is 18.4 Å². The second-order valence-corrected chi connectivity index (χ2v) is 4.69. The van der Waals surface area contributed by atoms with Crippen LogP contribution in [-0.2, 0) is 15.0 Å². The second kappa shape index (κ2) is 3.89. The Morgan fingerprint density at radius 2 is 2.00 bits per heavy atom. The number of rotatable bonds is 3. The largest absolute Gasteiger partial charge is 0.381 e. The fraction of sp³-hybridized carbons (Fsp3) is 1.00. The number of nitrogens with one attached hydrogen (secondary N) is 1. The maximum atomic E-state index is 12.5. The highest BCUT2D eigenvalue weighted by molar-refractivity contribution is 7.86. The first kappa shape index (κ1) is 10.9. The van der Waals surface area contributed by atoms with Gasteiger partial charge in [0.15, 0.2) is 0 Å². The molecule has 4 nitrogen and oxygen atoms in total. The van der Waals surface area contributed by atoms with Gasteiger partial charge in [0.1, 0.15) is 0 Å². The molecule has 13 heavy (non-hydrogen) atoms. The number of hydrogen-bond acceptors (Lipinski definition) is 4. The van der Waals surface area contributed by atoms with E-state index >= 15 is 0 Å². The SMILES string of the molecule is CNC1(CS(=O)(=O)F)CCOCC1. The van der Waals surface area contributed by atoms with Gasteiger partial charge in [-0.05, 0) is 19.9 Å². The van der Waals surface area contributed by atoms with Gasteiger partial charge in [0.05, 0.1) is 5.75 Å². The molecule has 1 fully saturated rings. The highest BCUT2D eigenvalue weighted by atomic mass is 32.3. The smallest absolute Gasteiger partial charge is 0.304 e. The standard InChI is InChI=1S/C7H14FNO3S/c1-9-7(6-13(8,10)11)2-4-12-5-3-7/h9H,2-6H2,1H3. The molecule has 0 unspecified atom stereocenters. The van der Waals surface area contributed by atoms with E-state index in [9.17, 15) is 12.3 Å². The van der Waals surface area contributed by atoms with Crippen LogP contribution in [0.25, 0.3) is 0 Å². The Bertz CT molecular complexity index is 259. The van der Waals surface area contributed by atoms with Gasteiger partial charge in [0.25, 0.3) is 0 Å². The average molecular weight is 211 g/mol. The van der Waals surface area contributed by atoms with Crippen LogP contribution in [0.2, 0.25) is 0 Å². The minimum absolute atomic E-state index is 0.458. The van der Waals surface area contributed by atoms with Crippen molar-refractivity contribution in [2.24, 2.45) is 0 Å². The number of halogens is 1. The highest BCUT2D eigenvalue weighted by Crippen LogP contribution is 2.22. The van der Waals surface area contributed by atoms with Crippen molar-refractivity contribution in [3.05, 3.63) is 0 Å². The van der Waals surface area contributed by atoms with Gasteiger partial charge in [0, 0.05) is 18.8 Å². The predicted octanol–water partition coefficient (Wildman–Crippen LogP) is 0.0543. The van der Waals surface area contributed by atoms with Crippen LogP contribution < -0.4 is 5.32 Å². The van der Waals surface area contributed by atoms with Crippen LogP contribution in [0.4, 0.5) is 3.89 Å². The van der Waals surface area contributed by atoms with E-state index in [-0.39, 0.29) is 0 Å². The zero-order chi connectivity index (χ0) is 9.95.